The zero-order chi connectivity index (χ0) is 15.5. The molecule has 3 aromatic heterocycles. The molecule has 1 atom stereocenters. The topological polar surface area (TPSA) is 64.1 Å². The number of hydrogen-bond donors (Lipinski definition) is 2. The quantitative estimate of drug-likeness (QED) is 0.698. The summed E-state index contributed by atoms with van der Waals surface area (Å²) in [5.41, 5.74) is 7.97. The van der Waals surface area contributed by atoms with Gasteiger partial charge < -0.3 is 15.5 Å². The highest BCUT2D eigenvalue weighted by Crippen LogP contribution is 2.39. The molecule has 0 aliphatic rings. The molecule has 0 unspecified atom stereocenters. The summed E-state index contributed by atoms with van der Waals surface area (Å²) in [6.07, 6.45) is 2.51. The van der Waals surface area contributed by atoms with E-state index in [0.29, 0.717) is 6.54 Å². The summed E-state index contributed by atoms with van der Waals surface area (Å²) >= 11 is 3.20. The molecule has 22 heavy (non-hydrogen) atoms. The minimum atomic E-state index is 0.114. The Labute approximate surface area is 137 Å². The minimum Gasteiger partial charge on any atom is -0.467 e. The van der Waals surface area contributed by atoms with E-state index in [9.17, 15) is 0 Å². The van der Waals surface area contributed by atoms with Gasteiger partial charge in [0.15, 0.2) is 0 Å². The Morgan fingerprint density at radius 1 is 1.50 bits per heavy atom. The van der Waals surface area contributed by atoms with Crippen LogP contribution in [0.25, 0.3) is 10.2 Å². The predicted molar refractivity (Wildman–Crippen MR) is 93.4 cm³/mol. The Hall–Kier alpha value is -1.81. The van der Waals surface area contributed by atoms with Gasteiger partial charge in [0.05, 0.1) is 23.1 Å². The summed E-state index contributed by atoms with van der Waals surface area (Å²) in [4.78, 5) is 1.22. The molecule has 114 valence electrons. The molecule has 3 rings (SSSR count). The van der Waals surface area contributed by atoms with E-state index < -0.39 is 0 Å². The second kappa shape index (κ2) is 6.53. The summed E-state index contributed by atoms with van der Waals surface area (Å²) in [6, 6.07) is 3.96. The smallest absolute Gasteiger partial charge is 0.127 e. The molecule has 0 aliphatic carbocycles. The fourth-order valence-corrected chi connectivity index (χ4v) is 4.45. The maximum absolute atomic E-state index is 5.95. The normalized spacial score (nSPS) is 12.1. The van der Waals surface area contributed by atoms with Crippen LogP contribution in [0, 0.1) is 11.8 Å². The second-order valence-electron chi connectivity index (χ2n) is 5.08. The molecule has 0 radical (unpaired) electrons. The van der Waals surface area contributed by atoms with E-state index in [2.05, 4.69) is 21.5 Å². The first-order valence-electron chi connectivity index (χ1n) is 7.04. The van der Waals surface area contributed by atoms with Crippen molar-refractivity contribution in [3.63, 3.8) is 0 Å². The number of anilines is 1. The van der Waals surface area contributed by atoms with Crippen molar-refractivity contribution in [3.8, 4) is 11.8 Å². The lowest BCUT2D eigenvalue weighted by atomic mass is 10.1. The SMILES string of the molecule is CC#Cc1c(C[C@H](C)N)sc2c(NCc3ccco3)snc12. The van der Waals surface area contributed by atoms with Crippen LogP contribution in [0.4, 0.5) is 5.00 Å². The summed E-state index contributed by atoms with van der Waals surface area (Å²) < 4.78 is 11.1. The van der Waals surface area contributed by atoms with Gasteiger partial charge in [-0.2, -0.15) is 4.37 Å². The average molecular weight is 331 g/mol. The number of fused-ring (bicyclic) bond motifs is 1. The molecule has 3 N–H and O–H groups in total. The van der Waals surface area contributed by atoms with Crippen molar-refractivity contribution < 1.29 is 4.42 Å². The largest absolute Gasteiger partial charge is 0.467 e. The number of furan rings is 1. The van der Waals surface area contributed by atoms with E-state index in [1.54, 1.807) is 17.6 Å². The lowest BCUT2D eigenvalue weighted by Crippen LogP contribution is -2.17. The second-order valence-corrected chi connectivity index (χ2v) is 6.96. The van der Waals surface area contributed by atoms with Gasteiger partial charge in [0.25, 0.3) is 0 Å². The van der Waals surface area contributed by atoms with Crippen molar-refractivity contribution in [2.45, 2.75) is 32.9 Å². The number of thiophene rings is 1. The van der Waals surface area contributed by atoms with Crippen LogP contribution in [0.2, 0.25) is 0 Å². The molecule has 3 heterocycles. The molecule has 3 aromatic rings. The third-order valence-corrected chi connectivity index (χ3v) is 5.30. The number of nitrogens with one attached hydrogen (secondary N) is 1. The van der Waals surface area contributed by atoms with Gasteiger partial charge in [-0.25, -0.2) is 0 Å². The van der Waals surface area contributed by atoms with Gasteiger partial charge in [-0.05, 0) is 43.9 Å². The first kappa shape index (κ1) is 15.1. The van der Waals surface area contributed by atoms with Crippen LogP contribution < -0.4 is 11.1 Å². The molecular weight excluding hydrogens is 314 g/mol. The molecule has 0 fully saturated rings. The fraction of sp³-hybridized carbons (Fsp3) is 0.312. The Morgan fingerprint density at radius 3 is 3.05 bits per heavy atom. The van der Waals surface area contributed by atoms with Crippen LogP contribution in [0.15, 0.2) is 22.8 Å². The zero-order valence-corrected chi connectivity index (χ0v) is 14.1. The van der Waals surface area contributed by atoms with Crippen molar-refractivity contribution >= 4 is 38.1 Å². The number of rotatable bonds is 5. The molecule has 0 saturated carbocycles. The molecule has 0 saturated heterocycles. The average Bonchev–Trinajstić information content (AvgIpc) is 3.16. The molecule has 0 aromatic carbocycles. The molecule has 0 bridgehead atoms. The Bertz CT molecular complexity index is 819. The fourth-order valence-electron chi connectivity index (χ4n) is 2.23. The minimum absolute atomic E-state index is 0.114. The van der Waals surface area contributed by atoms with Crippen molar-refractivity contribution in [2.24, 2.45) is 5.73 Å². The lowest BCUT2D eigenvalue weighted by molar-refractivity contribution is 0.518. The lowest BCUT2D eigenvalue weighted by Gasteiger charge is -2.02. The van der Waals surface area contributed by atoms with Crippen LogP contribution in [0.3, 0.4) is 0 Å². The van der Waals surface area contributed by atoms with Crippen LogP contribution in [-0.2, 0) is 13.0 Å². The van der Waals surface area contributed by atoms with E-state index in [-0.39, 0.29) is 6.04 Å². The third-order valence-electron chi connectivity index (χ3n) is 3.15. The highest BCUT2D eigenvalue weighted by Gasteiger charge is 2.18. The standard InChI is InChI=1S/C16H17N3OS2/c1-3-5-12-13(8-10(2)17)21-15-14(12)19-22-16(15)18-9-11-6-4-7-20-11/h4,6-7,10,18H,8-9,17H2,1-2H3/t10-/m0/s1. The van der Waals surface area contributed by atoms with Gasteiger partial charge in [0, 0.05) is 10.9 Å². The van der Waals surface area contributed by atoms with Crippen LogP contribution in [-0.4, -0.2) is 10.4 Å². The maximum Gasteiger partial charge on any atom is 0.127 e. The van der Waals surface area contributed by atoms with Crippen molar-refractivity contribution in [1.82, 2.24) is 4.37 Å². The van der Waals surface area contributed by atoms with Crippen molar-refractivity contribution in [2.75, 3.05) is 5.32 Å². The van der Waals surface area contributed by atoms with Crippen molar-refractivity contribution in [1.29, 1.82) is 0 Å². The Kier molecular flexibility index (Phi) is 4.48. The highest BCUT2D eigenvalue weighted by molar-refractivity contribution is 7.24. The molecular formula is C16H17N3OS2. The summed E-state index contributed by atoms with van der Waals surface area (Å²) in [7, 11) is 0. The van der Waals surface area contributed by atoms with E-state index in [1.165, 1.54) is 16.4 Å². The monoisotopic (exact) mass is 331 g/mol. The summed E-state index contributed by atoms with van der Waals surface area (Å²) in [5, 5.41) is 4.46. The van der Waals surface area contributed by atoms with Crippen LogP contribution >= 0.6 is 22.9 Å². The number of aromatic nitrogens is 1. The molecule has 0 spiro atoms. The molecule has 4 nitrogen and oxygen atoms in total. The molecule has 0 amide bonds. The van der Waals surface area contributed by atoms with Gasteiger partial charge in [0.1, 0.15) is 16.3 Å². The number of hydrogen-bond acceptors (Lipinski definition) is 6. The van der Waals surface area contributed by atoms with E-state index in [4.69, 9.17) is 10.2 Å². The maximum atomic E-state index is 5.95. The van der Waals surface area contributed by atoms with E-state index in [1.807, 2.05) is 26.0 Å². The van der Waals surface area contributed by atoms with Gasteiger partial charge in [0.2, 0.25) is 0 Å². The van der Waals surface area contributed by atoms with Crippen LogP contribution in [0.5, 0.6) is 0 Å². The first-order valence-corrected chi connectivity index (χ1v) is 8.63. The first-order chi connectivity index (χ1) is 10.7. The summed E-state index contributed by atoms with van der Waals surface area (Å²) in [6.45, 7) is 4.51. The zero-order valence-electron chi connectivity index (χ0n) is 12.5. The van der Waals surface area contributed by atoms with Gasteiger partial charge in [-0.1, -0.05) is 5.92 Å². The van der Waals surface area contributed by atoms with Gasteiger partial charge in [-0.3, -0.25) is 0 Å². The van der Waals surface area contributed by atoms with Gasteiger partial charge >= 0.3 is 0 Å². The number of nitrogens with zero attached hydrogens (tertiary/aromatic N) is 1. The summed E-state index contributed by atoms with van der Waals surface area (Å²) in [5.74, 6) is 7.08. The molecule has 0 aliphatic heterocycles. The number of nitrogens with two attached hydrogens (primary N) is 1. The Morgan fingerprint density at radius 2 is 2.36 bits per heavy atom. The van der Waals surface area contributed by atoms with Gasteiger partial charge in [-0.15, -0.1) is 17.3 Å². The van der Waals surface area contributed by atoms with E-state index in [0.717, 1.165) is 33.0 Å². The van der Waals surface area contributed by atoms with Crippen LogP contribution in [0.1, 0.15) is 30.0 Å². The Balaban J connectivity index is 1.93. The molecule has 6 heteroatoms. The van der Waals surface area contributed by atoms with Crippen molar-refractivity contribution in [3.05, 3.63) is 34.6 Å². The highest BCUT2D eigenvalue weighted by atomic mass is 32.1. The third kappa shape index (κ3) is 3.02. The van der Waals surface area contributed by atoms with E-state index >= 15 is 0 Å². The predicted octanol–water partition coefficient (Wildman–Crippen LogP) is 3.82.